The van der Waals surface area contributed by atoms with Gasteiger partial charge in [0.05, 0.1) is 26.2 Å². The first kappa shape index (κ1) is 25.9. The van der Waals surface area contributed by atoms with Crippen LogP contribution in [0.25, 0.3) is 0 Å². The van der Waals surface area contributed by atoms with Crippen LogP contribution in [0, 0.1) is 0 Å². The van der Waals surface area contributed by atoms with E-state index in [1.165, 1.54) is 142 Å². The fraction of sp³-hybridized carbons (Fsp3) is 1.00. The molecule has 0 spiro atoms. The van der Waals surface area contributed by atoms with Crippen LogP contribution in [-0.4, -0.2) is 37.3 Å². The van der Waals surface area contributed by atoms with Crippen molar-refractivity contribution in [3.63, 3.8) is 0 Å². The van der Waals surface area contributed by atoms with E-state index in [1.54, 1.807) is 0 Å². The van der Waals surface area contributed by atoms with Crippen LogP contribution in [0.15, 0.2) is 0 Å². The molecule has 168 valence electrons. The molecule has 0 amide bonds. The van der Waals surface area contributed by atoms with Crippen molar-refractivity contribution in [2.45, 2.75) is 129 Å². The van der Waals surface area contributed by atoms with Gasteiger partial charge < -0.3 is 14.6 Å². The molecule has 28 heavy (non-hydrogen) atoms. The molecular weight excluding hydrogens is 346 g/mol. The largest absolute Gasteiger partial charge is 0.723 e. The number of hydrogen-bond acceptors (Lipinski definition) is 2. The average Bonchev–Trinajstić information content (AvgIpc) is 2.73. The number of nitrogens with zero attached hydrogens (tertiary/aromatic N) is 1. The van der Waals surface area contributed by atoms with Gasteiger partial charge in [0, 0.05) is 0 Å². The molecule has 1 aliphatic heterocycles. The van der Waals surface area contributed by atoms with Crippen LogP contribution in [0.3, 0.4) is 0 Å². The highest BCUT2D eigenvalue weighted by atomic mass is 17.1. The van der Waals surface area contributed by atoms with E-state index >= 15 is 0 Å². The molecule has 0 aromatic rings. The minimum atomic E-state index is 0.388. The molecule has 1 saturated heterocycles. The molecule has 0 N–H and O–H groups in total. The molecule has 3 heteroatoms. The standard InChI is InChI=1S/C25H51NO2/c1-2-3-4-5-6-7-8-9-10-11-12-13-14-15-16-18-21-26(24-25-28-27)22-19-17-20-23-26/h2-25H2,1H3. The third kappa shape index (κ3) is 14.0. The Hall–Kier alpha value is -0.120. The van der Waals surface area contributed by atoms with Gasteiger partial charge in [-0.05, 0) is 32.1 Å². The smallest absolute Gasteiger partial charge is 0.101 e. The highest BCUT2D eigenvalue weighted by Crippen LogP contribution is 2.21. The first-order valence-corrected chi connectivity index (χ1v) is 12.9. The van der Waals surface area contributed by atoms with Crippen molar-refractivity contribution >= 4 is 0 Å². The second kappa shape index (κ2) is 18.9. The molecule has 1 aliphatic rings. The van der Waals surface area contributed by atoms with E-state index in [0.29, 0.717) is 6.61 Å². The predicted octanol–water partition coefficient (Wildman–Crippen LogP) is 6.54. The van der Waals surface area contributed by atoms with Gasteiger partial charge in [0.25, 0.3) is 0 Å². The van der Waals surface area contributed by atoms with Crippen molar-refractivity contribution in [3.05, 3.63) is 0 Å². The summed E-state index contributed by atoms with van der Waals surface area (Å²) in [6, 6.07) is 0. The molecule has 0 radical (unpaired) electrons. The van der Waals surface area contributed by atoms with Gasteiger partial charge in [-0.1, -0.05) is 96.8 Å². The number of piperidine rings is 1. The minimum Gasteiger partial charge on any atom is -0.723 e. The fourth-order valence-electron chi connectivity index (χ4n) is 4.97. The maximum Gasteiger partial charge on any atom is 0.101 e. The molecule has 0 bridgehead atoms. The number of likely N-dealkylation sites (tertiary alicyclic amines) is 1. The Labute approximate surface area is 176 Å². The highest BCUT2D eigenvalue weighted by molar-refractivity contribution is 4.56. The van der Waals surface area contributed by atoms with Crippen LogP contribution in [0.4, 0.5) is 0 Å². The van der Waals surface area contributed by atoms with Crippen molar-refractivity contribution in [2.75, 3.05) is 32.8 Å². The summed E-state index contributed by atoms with van der Waals surface area (Å²) < 4.78 is 1.15. The Morgan fingerprint density at radius 2 is 1.00 bits per heavy atom. The summed E-state index contributed by atoms with van der Waals surface area (Å²) >= 11 is 0. The van der Waals surface area contributed by atoms with E-state index in [0.717, 1.165) is 11.0 Å². The van der Waals surface area contributed by atoms with Crippen molar-refractivity contribution < 1.29 is 14.6 Å². The zero-order valence-corrected chi connectivity index (χ0v) is 19.2. The second-order valence-electron chi connectivity index (χ2n) is 9.42. The van der Waals surface area contributed by atoms with Gasteiger partial charge in [-0.15, -0.1) is 0 Å². The molecular formula is C25H51NO2. The Bertz CT molecular complexity index is 316. The Morgan fingerprint density at radius 1 is 0.571 bits per heavy atom. The van der Waals surface area contributed by atoms with E-state index in [4.69, 9.17) is 0 Å². The van der Waals surface area contributed by atoms with E-state index in [2.05, 4.69) is 11.8 Å². The van der Waals surface area contributed by atoms with Gasteiger partial charge in [-0.2, -0.15) is 0 Å². The summed E-state index contributed by atoms with van der Waals surface area (Å²) in [5, 5.41) is 10.4. The fourth-order valence-corrected chi connectivity index (χ4v) is 4.97. The summed E-state index contributed by atoms with van der Waals surface area (Å²) in [7, 11) is 0. The number of rotatable bonds is 20. The van der Waals surface area contributed by atoms with Crippen LogP contribution >= 0.6 is 0 Å². The van der Waals surface area contributed by atoms with Crippen LogP contribution < -0.4 is 5.26 Å². The van der Waals surface area contributed by atoms with E-state index in [1.807, 2.05) is 0 Å². The summed E-state index contributed by atoms with van der Waals surface area (Å²) in [6.07, 6.45) is 26.9. The van der Waals surface area contributed by atoms with Gasteiger partial charge in [-0.25, -0.2) is 0 Å². The van der Waals surface area contributed by atoms with Crippen molar-refractivity contribution in [1.82, 2.24) is 0 Å². The number of hydrogen-bond donors (Lipinski definition) is 0. The van der Waals surface area contributed by atoms with E-state index in [9.17, 15) is 5.26 Å². The quantitative estimate of drug-likeness (QED) is 0.101. The van der Waals surface area contributed by atoms with Gasteiger partial charge in [0.1, 0.15) is 6.54 Å². The highest BCUT2D eigenvalue weighted by Gasteiger charge is 2.28. The molecule has 0 aliphatic carbocycles. The van der Waals surface area contributed by atoms with Gasteiger partial charge in [-0.3, -0.25) is 0 Å². The van der Waals surface area contributed by atoms with Crippen molar-refractivity contribution in [1.29, 1.82) is 0 Å². The normalized spacial score (nSPS) is 16.5. The summed E-state index contributed by atoms with van der Waals surface area (Å²) in [5.74, 6) is 0. The molecule has 0 aromatic carbocycles. The van der Waals surface area contributed by atoms with Gasteiger partial charge >= 0.3 is 0 Å². The lowest BCUT2D eigenvalue weighted by molar-refractivity contribution is -0.936. The Balaban J connectivity index is 1.84. The molecule has 0 saturated carbocycles. The third-order valence-corrected chi connectivity index (χ3v) is 6.90. The summed E-state index contributed by atoms with van der Waals surface area (Å²) in [4.78, 5) is 4.14. The lowest BCUT2D eigenvalue weighted by Crippen LogP contribution is -2.54. The van der Waals surface area contributed by atoms with Crippen molar-refractivity contribution in [2.24, 2.45) is 0 Å². The Kier molecular flexibility index (Phi) is 17.5. The van der Waals surface area contributed by atoms with Crippen LogP contribution in [-0.2, 0) is 4.89 Å². The first-order valence-electron chi connectivity index (χ1n) is 12.9. The lowest BCUT2D eigenvalue weighted by Gasteiger charge is -2.42. The monoisotopic (exact) mass is 397 g/mol. The molecule has 1 fully saturated rings. The topological polar surface area (TPSA) is 32.3 Å². The third-order valence-electron chi connectivity index (χ3n) is 6.90. The average molecular weight is 398 g/mol. The maximum absolute atomic E-state index is 10.4. The van der Waals surface area contributed by atoms with E-state index in [-0.39, 0.29) is 0 Å². The molecule has 0 aromatic heterocycles. The SMILES string of the molecule is CCCCCCCCCCCCCCCCCC[N+]1(CCO[O-])CCCCC1. The second-order valence-corrected chi connectivity index (χ2v) is 9.42. The van der Waals surface area contributed by atoms with Crippen LogP contribution in [0.1, 0.15) is 129 Å². The Morgan fingerprint density at radius 3 is 1.43 bits per heavy atom. The number of unbranched alkanes of at least 4 members (excludes halogenated alkanes) is 15. The molecule has 0 atom stereocenters. The summed E-state index contributed by atoms with van der Waals surface area (Å²) in [5.41, 5.74) is 0. The summed E-state index contributed by atoms with van der Waals surface area (Å²) in [6.45, 7) is 7.41. The minimum absolute atomic E-state index is 0.388. The van der Waals surface area contributed by atoms with Crippen LogP contribution in [0.2, 0.25) is 0 Å². The van der Waals surface area contributed by atoms with E-state index < -0.39 is 0 Å². The number of quaternary nitrogens is 1. The van der Waals surface area contributed by atoms with Gasteiger partial charge in [0.2, 0.25) is 0 Å². The van der Waals surface area contributed by atoms with Crippen LogP contribution in [0.5, 0.6) is 0 Å². The molecule has 3 nitrogen and oxygen atoms in total. The zero-order valence-electron chi connectivity index (χ0n) is 19.2. The molecule has 0 unspecified atom stereocenters. The molecule has 1 rings (SSSR count). The van der Waals surface area contributed by atoms with Crippen molar-refractivity contribution in [3.8, 4) is 0 Å². The predicted molar refractivity (Wildman–Crippen MR) is 119 cm³/mol. The van der Waals surface area contributed by atoms with Gasteiger partial charge in [0.15, 0.2) is 0 Å². The maximum atomic E-state index is 10.4. The lowest BCUT2D eigenvalue weighted by atomic mass is 10.0. The molecule has 1 heterocycles. The first-order chi connectivity index (χ1) is 13.8. The zero-order chi connectivity index (χ0) is 20.2.